The minimum absolute atomic E-state index is 0.0106. The fourth-order valence-corrected chi connectivity index (χ4v) is 2.12. The van der Waals surface area contributed by atoms with Gasteiger partial charge in [0.05, 0.1) is 0 Å². The van der Waals surface area contributed by atoms with E-state index in [0.29, 0.717) is 12.8 Å². The number of nitrogens with zero attached hydrogens (tertiary/aromatic N) is 1. The van der Waals surface area contributed by atoms with E-state index in [9.17, 15) is 8.78 Å². The van der Waals surface area contributed by atoms with Gasteiger partial charge >= 0.3 is 0 Å². The maximum Gasteiger partial charge on any atom is 0.276 e. The van der Waals surface area contributed by atoms with Crippen molar-refractivity contribution in [3.63, 3.8) is 0 Å². The number of hydrogen-bond donors (Lipinski definition) is 0. The Morgan fingerprint density at radius 1 is 1.20 bits per heavy atom. The summed E-state index contributed by atoms with van der Waals surface area (Å²) < 4.78 is 27.6. The Labute approximate surface area is 96.4 Å². The molecule has 1 fully saturated rings. The Kier molecular flexibility index (Phi) is 2.86. The van der Waals surface area contributed by atoms with Gasteiger partial charge in [-0.25, -0.2) is 13.8 Å². The summed E-state index contributed by atoms with van der Waals surface area (Å²) in [5.74, 6) is -3.42. The van der Waals surface area contributed by atoms with Gasteiger partial charge in [0, 0.05) is 11.5 Å². The molecule has 1 aliphatic carbocycles. The lowest BCUT2D eigenvalue weighted by atomic mass is 9.78. The van der Waals surface area contributed by atoms with Gasteiger partial charge in [0.1, 0.15) is 10.3 Å². The van der Waals surface area contributed by atoms with Crippen molar-refractivity contribution < 1.29 is 8.78 Å². The molecule has 0 aliphatic heterocycles. The van der Waals surface area contributed by atoms with Crippen molar-refractivity contribution >= 4 is 23.2 Å². The molecule has 15 heavy (non-hydrogen) atoms. The molecule has 2 rings (SSSR count). The van der Waals surface area contributed by atoms with E-state index in [1.807, 2.05) is 0 Å². The molecule has 1 saturated carbocycles. The Morgan fingerprint density at radius 3 is 2.13 bits per heavy atom. The second-order valence-corrected chi connectivity index (χ2v) is 4.53. The lowest BCUT2D eigenvalue weighted by molar-refractivity contribution is -0.0943. The second kappa shape index (κ2) is 3.87. The summed E-state index contributed by atoms with van der Waals surface area (Å²) >= 11 is 11.2. The van der Waals surface area contributed by atoms with E-state index in [1.54, 1.807) is 0 Å². The van der Waals surface area contributed by atoms with Gasteiger partial charge in [-0.1, -0.05) is 29.6 Å². The molecular weight excluding hydrogens is 243 g/mol. The van der Waals surface area contributed by atoms with Gasteiger partial charge < -0.3 is 0 Å². The fraction of sp³-hybridized carbons (Fsp3) is 0.500. The van der Waals surface area contributed by atoms with Crippen LogP contribution >= 0.6 is 23.2 Å². The summed E-state index contributed by atoms with van der Waals surface area (Å²) in [6.45, 7) is 0. The van der Waals surface area contributed by atoms with Crippen LogP contribution in [0.15, 0.2) is 12.1 Å². The first-order valence-corrected chi connectivity index (χ1v) is 5.47. The van der Waals surface area contributed by atoms with Gasteiger partial charge in [-0.3, -0.25) is 0 Å². The predicted molar refractivity (Wildman–Crippen MR) is 55.5 cm³/mol. The molecule has 0 N–H and O–H groups in total. The molecule has 0 spiro atoms. The minimum Gasteiger partial charge on any atom is -0.224 e. The molecule has 0 atom stereocenters. The quantitative estimate of drug-likeness (QED) is 0.716. The number of halogens is 4. The van der Waals surface area contributed by atoms with Crippen molar-refractivity contribution in [2.24, 2.45) is 5.92 Å². The Bertz CT molecular complexity index is 357. The first-order valence-electron chi connectivity index (χ1n) is 4.71. The summed E-state index contributed by atoms with van der Waals surface area (Å²) in [4.78, 5) is 3.65. The third-order valence-corrected chi connectivity index (χ3v) is 3.15. The van der Waals surface area contributed by atoms with Crippen LogP contribution in [0.2, 0.25) is 10.3 Å². The topological polar surface area (TPSA) is 12.9 Å². The summed E-state index contributed by atoms with van der Waals surface area (Å²) in [5.41, 5.74) is -0.128. The molecule has 82 valence electrons. The van der Waals surface area contributed by atoms with E-state index in [0.717, 1.165) is 6.42 Å². The van der Waals surface area contributed by atoms with Gasteiger partial charge in [-0.15, -0.1) is 0 Å². The smallest absolute Gasteiger partial charge is 0.224 e. The van der Waals surface area contributed by atoms with Crippen molar-refractivity contribution in [1.29, 1.82) is 0 Å². The molecule has 0 aromatic carbocycles. The zero-order valence-corrected chi connectivity index (χ0v) is 9.32. The molecule has 0 unspecified atom stereocenters. The largest absolute Gasteiger partial charge is 0.276 e. The van der Waals surface area contributed by atoms with Crippen molar-refractivity contribution in [1.82, 2.24) is 4.98 Å². The summed E-state index contributed by atoms with van der Waals surface area (Å²) in [7, 11) is 0. The summed E-state index contributed by atoms with van der Waals surface area (Å²) in [6.07, 6.45) is 1.99. The van der Waals surface area contributed by atoms with E-state index >= 15 is 0 Å². The third kappa shape index (κ3) is 2.08. The zero-order chi connectivity index (χ0) is 11.1. The fourth-order valence-electron chi connectivity index (χ4n) is 1.66. The lowest BCUT2D eigenvalue weighted by Crippen LogP contribution is -2.31. The Hall–Kier alpha value is -0.410. The highest BCUT2D eigenvalue weighted by Crippen LogP contribution is 2.47. The van der Waals surface area contributed by atoms with Crippen LogP contribution in [0.4, 0.5) is 8.78 Å². The molecule has 5 heteroatoms. The summed E-state index contributed by atoms with van der Waals surface area (Å²) in [6, 6.07) is 2.37. The number of pyridine rings is 1. The maximum atomic E-state index is 13.8. The molecule has 1 heterocycles. The van der Waals surface area contributed by atoms with Gasteiger partial charge in [0.25, 0.3) is 5.92 Å². The van der Waals surface area contributed by atoms with Crippen LogP contribution < -0.4 is 0 Å². The molecule has 0 saturated heterocycles. The summed E-state index contributed by atoms with van der Waals surface area (Å²) in [5, 5.41) is 0.0213. The number of alkyl halides is 2. The van der Waals surface area contributed by atoms with E-state index in [4.69, 9.17) is 23.2 Å². The molecule has 0 amide bonds. The molecule has 0 radical (unpaired) electrons. The number of aromatic nitrogens is 1. The maximum absolute atomic E-state index is 13.8. The van der Waals surface area contributed by atoms with Gasteiger partial charge in [-0.2, -0.15) is 0 Å². The van der Waals surface area contributed by atoms with Crippen LogP contribution in [0.1, 0.15) is 24.8 Å². The average Bonchev–Trinajstić information content (AvgIpc) is 1.97. The van der Waals surface area contributed by atoms with Crippen LogP contribution in [0.3, 0.4) is 0 Å². The molecule has 1 nitrogen and oxygen atoms in total. The van der Waals surface area contributed by atoms with Crippen LogP contribution in [-0.4, -0.2) is 4.98 Å². The number of hydrogen-bond acceptors (Lipinski definition) is 1. The van der Waals surface area contributed by atoms with Crippen LogP contribution in [0.25, 0.3) is 0 Å². The minimum atomic E-state index is -2.84. The van der Waals surface area contributed by atoms with Crippen molar-refractivity contribution in [2.75, 3.05) is 0 Å². The molecule has 1 aromatic rings. The average molecular weight is 252 g/mol. The molecular formula is C10H9Cl2F2N. The molecule has 1 aliphatic rings. The van der Waals surface area contributed by atoms with Gasteiger partial charge in [0.2, 0.25) is 0 Å². The molecule has 0 bridgehead atoms. The molecule has 1 aromatic heterocycles. The lowest BCUT2D eigenvalue weighted by Gasteiger charge is -2.33. The monoisotopic (exact) mass is 251 g/mol. The highest BCUT2D eigenvalue weighted by Gasteiger charge is 2.44. The Balaban J connectivity index is 2.34. The van der Waals surface area contributed by atoms with Crippen molar-refractivity contribution in [2.45, 2.75) is 25.2 Å². The standard InChI is InChI=1S/C10H9Cl2F2N/c11-8-4-7(5-9(12)15-8)10(13,14)6-2-1-3-6/h4-6H,1-3H2. The van der Waals surface area contributed by atoms with E-state index in [-0.39, 0.29) is 15.9 Å². The highest BCUT2D eigenvalue weighted by atomic mass is 35.5. The Morgan fingerprint density at radius 2 is 1.73 bits per heavy atom. The SMILES string of the molecule is FC(F)(c1cc(Cl)nc(Cl)c1)C1CCC1. The van der Waals surface area contributed by atoms with Crippen LogP contribution in [0.5, 0.6) is 0 Å². The second-order valence-electron chi connectivity index (χ2n) is 3.75. The van der Waals surface area contributed by atoms with Crippen LogP contribution in [0, 0.1) is 5.92 Å². The third-order valence-electron chi connectivity index (χ3n) is 2.77. The van der Waals surface area contributed by atoms with Gasteiger partial charge in [0.15, 0.2) is 0 Å². The first-order chi connectivity index (χ1) is 7.00. The predicted octanol–water partition coefficient (Wildman–Crippen LogP) is 4.28. The van der Waals surface area contributed by atoms with E-state index in [2.05, 4.69) is 4.98 Å². The first kappa shape index (κ1) is 11.1. The zero-order valence-electron chi connectivity index (χ0n) is 7.81. The number of rotatable bonds is 2. The van der Waals surface area contributed by atoms with Crippen molar-refractivity contribution in [3.8, 4) is 0 Å². The van der Waals surface area contributed by atoms with Crippen molar-refractivity contribution in [3.05, 3.63) is 28.0 Å². The van der Waals surface area contributed by atoms with E-state index < -0.39 is 11.8 Å². The normalized spacial score (nSPS) is 17.6. The van der Waals surface area contributed by atoms with Gasteiger partial charge in [-0.05, 0) is 25.0 Å². The van der Waals surface area contributed by atoms with E-state index in [1.165, 1.54) is 12.1 Å². The highest BCUT2D eigenvalue weighted by molar-refractivity contribution is 6.32. The van der Waals surface area contributed by atoms with Crippen LogP contribution in [-0.2, 0) is 5.92 Å².